The lowest BCUT2D eigenvalue weighted by Crippen LogP contribution is -2.43. The molecular formula is C12H19N3O4S2. The number of carbonyl (C=O) groups is 1. The van der Waals surface area contributed by atoms with Gasteiger partial charge in [-0.1, -0.05) is 0 Å². The molecule has 9 heteroatoms. The van der Waals surface area contributed by atoms with Crippen molar-refractivity contribution in [3.05, 3.63) is 16.1 Å². The number of hydrogen-bond acceptors (Lipinski definition) is 7. The molecule has 0 bridgehead atoms. The summed E-state index contributed by atoms with van der Waals surface area (Å²) < 4.78 is 23.1. The van der Waals surface area contributed by atoms with E-state index in [2.05, 4.69) is 4.98 Å². The first-order valence-electron chi connectivity index (χ1n) is 6.67. The van der Waals surface area contributed by atoms with E-state index in [1.807, 2.05) is 0 Å². The number of aromatic nitrogens is 1. The summed E-state index contributed by atoms with van der Waals surface area (Å²) in [5.41, 5.74) is 5.98. The van der Waals surface area contributed by atoms with E-state index < -0.39 is 15.9 Å². The molecule has 1 fully saturated rings. The van der Waals surface area contributed by atoms with E-state index in [0.29, 0.717) is 11.4 Å². The van der Waals surface area contributed by atoms with Crippen LogP contribution in [0.15, 0.2) is 5.38 Å². The molecule has 1 aromatic rings. The van der Waals surface area contributed by atoms with Crippen LogP contribution in [-0.2, 0) is 9.84 Å². The number of nitrogens with two attached hydrogens (primary N) is 1. The zero-order chi connectivity index (χ0) is 15.6. The molecule has 1 saturated heterocycles. The maximum absolute atomic E-state index is 12.5. The monoisotopic (exact) mass is 333 g/mol. The summed E-state index contributed by atoms with van der Waals surface area (Å²) in [6, 6.07) is -0.648. The van der Waals surface area contributed by atoms with Crippen molar-refractivity contribution in [2.75, 3.05) is 24.7 Å². The van der Waals surface area contributed by atoms with Crippen molar-refractivity contribution in [1.29, 1.82) is 0 Å². The van der Waals surface area contributed by atoms with Crippen LogP contribution in [0.1, 0.15) is 34.9 Å². The Bertz CT molecular complexity index is 612. The highest BCUT2D eigenvalue weighted by molar-refractivity contribution is 7.91. The lowest BCUT2D eigenvalue weighted by Gasteiger charge is -2.26. The topological polar surface area (TPSA) is 114 Å². The van der Waals surface area contributed by atoms with Crippen LogP contribution in [0.2, 0.25) is 0 Å². The van der Waals surface area contributed by atoms with E-state index in [9.17, 15) is 13.2 Å². The predicted octanol–water partition coefficient (Wildman–Crippen LogP) is -0.216. The highest BCUT2D eigenvalue weighted by Gasteiger charge is 2.35. The maximum Gasteiger partial charge on any atom is 0.273 e. The number of hydrogen-bond donors (Lipinski definition) is 2. The first-order chi connectivity index (χ1) is 9.84. The van der Waals surface area contributed by atoms with Crippen molar-refractivity contribution in [2.45, 2.75) is 25.4 Å². The minimum Gasteiger partial charge on any atom is -0.395 e. The zero-order valence-corrected chi connectivity index (χ0v) is 13.4. The maximum atomic E-state index is 12.5. The number of rotatable bonds is 5. The van der Waals surface area contributed by atoms with Gasteiger partial charge >= 0.3 is 0 Å². The molecule has 7 nitrogen and oxygen atoms in total. The van der Waals surface area contributed by atoms with Gasteiger partial charge in [0.2, 0.25) is 0 Å². The molecule has 2 unspecified atom stereocenters. The third-order valence-electron chi connectivity index (χ3n) is 3.38. The Kier molecular flexibility index (Phi) is 4.97. The molecule has 2 rings (SSSR count). The van der Waals surface area contributed by atoms with Crippen molar-refractivity contribution >= 4 is 27.1 Å². The first-order valence-corrected chi connectivity index (χ1v) is 9.37. The Morgan fingerprint density at radius 2 is 2.38 bits per heavy atom. The minimum absolute atomic E-state index is 0.0526. The summed E-state index contributed by atoms with van der Waals surface area (Å²) in [5.74, 6) is -0.327. The summed E-state index contributed by atoms with van der Waals surface area (Å²) in [7, 11) is -3.10. The second-order valence-corrected chi connectivity index (χ2v) is 8.26. The van der Waals surface area contributed by atoms with Crippen molar-refractivity contribution in [3.8, 4) is 0 Å². The quantitative estimate of drug-likeness (QED) is 0.770. The SMILES string of the molecule is CC(N)c1nc(C(=O)N(CCO)C2CCS(=O)(=O)C2)cs1. The molecule has 0 radical (unpaired) electrons. The average molecular weight is 333 g/mol. The number of aliphatic hydroxyl groups excluding tert-OH is 1. The van der Waals surface area contributed by atoms with Gasteiger partial charge in [-0.15, -0.1) is 11.3 Å². The van der Waals surface area contributed by atoms with Crippen molar-refractivity contribution < 1.29 is 18.3 Å². The van der Waals surface area contributed by atoms with Gasteiger partial charge in [0.05, 0.1) is 24.2 Å². The first kappa shape index (κ1) is 16.3. The molecule has 0 saturated carbocycles. The van der Waals surface area contributed by atoms with Crippen molar-refractivity contribution in [2.24, 2.45) is 5.73 Å². The van der Waals surface area contributed by atoms with Gasteiger partial charge in [-0.2, -0.15) is 0 Å². The fraction of sp³-hybridized carbons (Fsp3) is 0.667. The van der Waals surface area contributed by atoms with Gasteiger partial charge in [0, 0.05) is 18.0 Å². The summed E-state index contributed by atoms with van der Waals surface area (Å²) in [4.78, 5) is 18.1. The molecule has 1 aliphatic rings. The predicted molar refractivity (Wildman–Crippen MR) is 79.9 cm³/mol. The van der Waals surface area contributed by atoms with Gasteiger partial charge in [-0.05, 0) is 13.3 Å². The van der Waals surface area contributed by atoms with E-state index in [-0.39, 0.29) is 42.3 Å². The van der Waals surface area contributed by atoms with E-state index >= 15 is 0 Å². The number of carbonyl (C=O) groups excluding carboxylic acids is 1. The molecule has 2 atom stereocenters. The van der Waals surface area contributed by atoms with Crippen LogP contribution in [-0.4, -0.2) is 60.0 Å². The van der Waals surface area contributed by atoms with Gasteiger partial charge in [-0.3, -0.25) is 4.79 Å². The van der Waals surface area contributed by atoms with Crippen LogP contribution >= 0.6 is 11.3 Å². The van der Waals surface area contributed by atoms with Crippen LogP contribution in [0.3, 0.4) is 0 Å². The smallest absolute Gasteiger partial charge is 0.273 e. The lowest BCUT2D eigenvalue weighted by atomic mass is 10.2. The van der Waals surface area contributed by atoms with E-state index in [1.54, 1.807) is 12.3 Å². The fourth-order valence-corrected chi connectivity index (χ4v) is 4.80. The van der Waals surface area contributed by atoms with Gasteiger partial charge < -0.3 is 15.7 Å². The highest BCUT2D eigenvalue weighted by atomic mass is 32.2. The molecule has 2 heterocycles. The number of sulfone groups is 1. The highest BCUT2D eigenvalue weighted by Crippen LogP contribution is 2.22. The molecule has 0 aromatic carbocycles. The van der Waals surface area contributed by atoms with Gasteiger partial charge in [0.25, 0.3) is 5.91 Å². The van der Waals surface area contributed by atoms with Gasteiger partial charge in [-0.25, -0.2) is 13.4 Å². The Hall–Kier alpha value is -1.03. The van der Waals surface area contributed by atoms with Crippen LogP contribution in [0.25, 0.3) is 0 Å². The number of aliphatic hydroxyl groups is 1. The van der Waals surface area contributed by atoms with E-state index in [1.165, 1.54) is 16.2 Å². The van der Waals surface area contributed by atoms with Gasteiger partial charge in [0.15, 0.2) is 9.84 Å². The second kappa shape index (κ2) is 6.39. The standard InChI is InChI=1S/C12H19N3O4S2/c1-8(13)11-14-10(6-20-11)12(17)15(3-4-16)9-2-5-21(18,19)7-9/h6,8-9,16H,2-5,7,13H2,1H3. The summed E-state index contributed by atoms with van der Waals surface area (Å²) in [6.07, 6.45) is 0.401. The minimum atomic E-state index is -3.10. The lowest BCUT2D eigenvalue weighted by molar-refractivity contribution is 0.0650. The molecule has 0 aliphatic carbocycles. The fourth-order valence-electron chi connectivity index (χ4n) is 2.32. The molecule has 1 aromatic heterocycles. The molecule has 1 amide bonds. The average Bonchev–Trinajstić information content (AvgIpc) is 3.01. The molecule has 0 spiro atoms. The number of thiazole rings is 1. The van der Waals surface area contributed by atoms with E-state index in [0.717, 1.165) is 0 Å². The van der Waals surface area contributed by atoms with Crippen molar-refractivity contribution in [1.82, 2.24) is 9.88 Å². The number of nitrogens with zero attached hydrogens (tertiary/aromatic N) is 2. The van der Waals surface area contributed by atoms with Crippen LogP contribution in [0.5, 0.6) is 0 Å². The zero-order valence-electron chi connectivity index (χ0n) is 11.7. The molecule has 118 valence electrons. The molecule has 3 N–H and O–H groups in total. The summed E-state index contributed by atoms with van der Waals surface area (Å²) >= 11 is 1.30. The van der Waals surface area contributed by atoms with Crippen molar-refractivity contribution in [3.63, 3.8) is 0 Å². The molecule has 21 heavy (non-hydrogen) atoms. The molecular weight excluding hydrogens is 314 g/mol. The Balaban J connectivity index is 2.19. The number of amides is 1. The normalized spacial score (nSPS) is 22.1. The third-order valence-corrected chi connectivity index (χ3v) is 6.18. The van der Waals surface area contributed by atoms with Crippen LogP contribution in [0, 0.1) is 0 Å². The largest absolute Gasteiger partial charge is 0.395 e. The van der Waals surface area contributed by atoms with Crippen LogP contribution < -0.4 is 5.73 Å². The van der Waals surface area contributed by atoms with Gasteiger partial charge in [0.1, 0.15) is 10.7 Å². The second-order valence-electron chi connectivity index (χ2n) is 5.14. The third kappa shape index (κ3) is 3.79. The summed E-state index contributed by atoms with van der Waals surface area (Å²) in [6.45, 7) is 1.67. The molecule has 1 aliphatic heterocycles. The van der Waals surface area contributed by atoms with E-state index in [4.69, 9.17) is 10.8 Å². The Morgan fingerprint density at radius 3 is 2.86 bits per heavy atom. The Morgan fingerprint density at radius 1 is 1.67 bits per heavy atom. The van der Waals surface area contributed by atoms with Crippen LogP contribution in [0.4, 0.5) is 0 Å². The Labute approximate surface area is 127 Å². The summed E-state index contributed by atoms with van der Waals surface area (Å²) in [5, 5.41) is 11.4.